The SMILES string of the molecule is CC(O)C(=O)N1CCN(c2ccc3cc(F)ccc3n2)CC1. The molecule has 1 N–H and O–H groups in total. The Hall–Kier alpha value is -2.21. The molecule has 0 aliphatic carbocycles. The van der Waals surface area contributed by atoms with Crippen molar-refractivity contribution >= 4 is 22.6 Å². The molecule has 22 heavy (non-hydrogen) atoms. The Morgan fingerprint density at radius 3 is 2.64 bits per heavy atom. The predicted molar refractivity (Wildman–Crippen MR) is 82.2 cm³/mol. The van der Waals surface area contributed by atoms with Gasteiger partial charge in [-0.05, 0) is 37.3 Å². The number of pyridine rings is 1. The molecule has 3 rings (SSSR count). The first-order valence-electron chi connectivity index (χ1n) is 7.33. The van der Waals surface area contributed by atoms with E-state index in [1.165, 1.54) is 19.1 Å². The number of fused-ring (bicyclic) bond motifs is 1. The third-order valence-corrected chi connectivity index (χ3v) is 3.91. The van der Waals surface area contributed by atoms with E-state index in [2.05, 4.69) is 9.88 Å². The standard InChI is InChI=1S/C16H18FN3O2/c1-11(21)16(22)20-8-6-19(7-9-20)15-5-2-12-10-13(17)3-4-14(12)18-15/h2-5,10-11,21H,6-9H2,1H3. The average molecular weight is 303 g/mol. The number of carbonyl (C=O) groups excluding carboxylic acids is 1. The molecule has 0 bridgehead atoms. The van der Waals surface area contributed by atoms with E-state index in [1.807, 2.05) is 12.1 Å². The van der Waals surface area contributed by atoms with Gasteiger partial charge in [-0.25, -0.2) is 9.37 Å². The number of benzene rings is 1. The molecule has 1 aliphatic rings. The lowest BCUT2D eigenvalue weighted by Crippen LogP contribution is -2.51. The normalized spacial score (nSPS) is 16.9. The van der Waals surface area contributed by atoms with Crippen molar-refractivity contribution in [1.82, 2.24) is 9.88 Å². The molecule has 1 unspecified atom stereocenters. The molecule has 5 nitrogen and oxygen atoms in total. The predicted octanol–water partition coefficient (Wildman–Crippen LogP) is 1.40. The van der Waals surface area contributed by atoms with E-state index >= 15 is 0 Å². The zero-order valence-corrected chi connectivity index (χ0v) is 12.4. The number of rotatable bonds is 2. The molecule has 0 radical (unpaired) electrons. The third-order valence-electron chi connectivity index (χ3n) is 3.91. The number of aliphatic hydroxyl groups excluding tert-OH is 1. The first kappa shape index (κ1) is 14.7. The molecule has 6 heteroatoms. The van der Waals surface area contributed by atoms with Crippen molar-refractivity contribution in [3.63, 3.8) is 0 Å². The summed E-state index contributed by atoms with van der Waals surface area (Å²) in [5.41, 5.74) is 0.751. The van der Waals surface area contributed by atoms with Crippen LogP contribution in [0.4, 0.5) is 10.2 Å². The highest BCUT2D eigenvalue weighted by molar-refractivity contribution is 5.81. The van der Waals surface area contributed by atoms with Gasteiger partial charge in [0.15, 0.2) is 0 Å². The van der Waals surface area contributed by atoms with Crippen LogP contribution in [0.2, 0.25) is 0 Å². The number of nitrogens with zero attached hydrogens (tertiary/aromatic N) is 3. The van der Waals surface area contributed by atoms with Gasteiger partial charge in [-0.3, -0.25) is 4.79 Å². The molecule has 0 saturated carbocycles. The number of aromatic nitrogens is 1. The topological polar surface area (TPSA) is 56.7 Å². The summed E-state index contributed by atoms with van der Waals surface area (Å²) >= 11 is 0. The van der Waals surface area contributed by atoms with Crippen molar-refractivity contribution in [3.05, 3.63) is 36.1 Å². The summed E-state index contributed by atoms with van der Waals surface area (Å²) in [6.45, 7) is 3.94. The summed E-state index contributed by atoms with van der Waals surface area (Å²) < 4.78 is 13.2. The largest absolute Gasteiger partial charge is 0.384 e. The van der Waals surface area contributed by atoms with Crippen molar-refractivity contribution < 1.29 is 14.3 Å². The Morgan fingerprint density at radius 2 is 1.95 bits per heavy atom. The summed E-state index contributed by atoms with van der Waals surface area (Å²) in [5, 5.41) is 10.1. The Labute approximate surface area is 128 Å². The van der Waals surface area contributed by atoms with E-state index in [1.54, 1.807) is 11.0 Å². The molecule has 1 aromatic heterocycles. The number of hydrogen-bond acceptors (Lipinski definition) is 4. The maximum atomic E-state index is 13.2. The highest BCUT2D eigenvalue weighted by Gasteiger charge is 2.24. The fourth-order valence-corrected chi connectivity index (χ4v) is 2.68. The summed E-state index contributed by atoms with van der Waals surface area (Å²) in [7, 11) is 0. The second-order valence-corrected chi connectivity index (χ2v) is 5.49. The molecule has 1 aromatic carbocycles. The van der Waals surface area contributed by atoms with Gasteiger partial charge in [0, 0.05) is 31.6 Å². The second-order valence-electron chi connectivity index (χ2n) is 5.49. The Kier molecular flexibility index (Phi) is 3.94. The highest BCUT2D eigenvalue weighted by Crippen LogP contribution is 2.20. The van der Waals surface area contributed by atoms with Gasteiger partial charge in [0.05, 0.1) is 5.52 Å². The van der Waals surface area contributed by atoms with Crippen LogP contribution in [0, 0.1) is 5.82 Å². The summed E-state index contributed by atoms with van der Waals surface area (Å²) in [4.78, 5) is 20.1. The van der Waals surface area contributed by atoms with Gasteiger partial charge < -0.3 is 14.9 Å². The smallest absolute Gasteiger partial charge is 0.251 e. The lowest BCUT2D eigenvalue weighted by atomic mass is 10.2. The monoisotopic (exact) mass is 303 g/mol. The van der Waals surface area contributed by atoms with Gasteiger partial charge in [0.1, 0.15) is 17.7 Å². The molecule has 116 valence electrons. The van der Waals surface area contributed by atoms with Gasteiger partial charge in [-0.2, -0.15) is 0 Å². The van der Waals surface area contributed by atoms with Crippen molar-refractivity contribution in [3.8, 4) is 0 Å². The van der Waals surface area contributed by atoms with Crippen LogP contribution in [-0.4, -0.2) is 53.2 Å². The van der Waals surface area contributed by atoms with E-state index in [0.717, 1.165) is 16.7 Å². The molecule has 1 atom stereocenters. The number of carbonyl (C=O) groups is 1. The van der Waals surface area contributed by atoms with Gasteiger partial charge >= 0.3 is 0 Å². The fraction of sp³-hybridized carbons (Fsp3) is 0.375. The summed E-state index contributed by atoms with van der Waals surface area (Å²) in [6.07, 6.45) is -0.958. The van der Waals surface area contributed by atoms with Gasteiger partial charge in [-0.1, -0.05) is 0 Å². The van der Waals surface area contributed by atoms with E-state index in [9.17, 15) is 14.3 Å². The van der Waals surface area contributed by atoms with Crippen LogP contribution in [0.25, 0.3) is 10.9 Å². The van der Waals surface area contributed by atoms with E-state index < -0.39 is 6.10 Å². The first-order chi connectivity index (χ1) is 10.5. The molecule has 2 heterocycles. The quantitative estimate of drug-likeness (QED) is 0.911. The van der Waals surface area contributed by atoms with Crippen LogP contribution in [-0.2, 0) is 4.79 Å². The summed E-state index contributed by atoms with van der Waals surface area (Å²) in [5.74, 6) is 0.317. The molecule has 1 amide bonds. The van der Waals surface area contributed by atoms with E-state index in [-0.39, 0.29) is 11.7 Å². The minimum atomic E-state index is -0.958. The number of aliphatic hydroxyl groups is 1. The lowest BCUT2D eigenvalue weighted by molar-refractivity contribution is -0.139. The van der Waals surface area contributed by atoms with Crippen LogP contribution < -0.4 is 4.90 Å². The molecule has 1 saturated heterocycles. The van der Waals surface area contributed by atoms with Crippen molar-refractivity contribution in [2.45, 2.75) is 13.0 Å². The zero-order valence-electron chi connectivity index (χ0n) is 12.4. The molecule has 1 fully saturated rings. The van der Waals surface area contributed by atoms with Crippen molar-refractivity contribution in [2.75, 3.05) is 31.1 Å². The van der Waals surface area contributed by atoms with Crippen molar-refractivity contribution in [2.24, 2.45) is 0 Å². The van der Waals surface area contributed by atoms with Gasteiger partial charge in [-0.15, -0.1) is 0 Å². The number of halogens is 1. The molecule has 1 aliphatic heterocycles. The average Bonchev–Trinajstić information content (AvgIpc) is 2.53. The number of hydrogen-bond donors (Lipinski definition) is 1. The fourth-order valence-electron chi connectivity index (χ4n) is 2.68. The zero-order chi connectivity index (χ0) is 15.7. The maximum absolute atomic E-state index is 13.2. The van der Waals surface area contributed by atoms with Gasteiger partial charge in [0.2, 0.25) is 0 Å². The van der Waals surface area contributed by atoms with Crippen LogP contribution >= 0.6 is 0 Å². The number of piperazine rings is 1. The molecule has 0 spiro atoms. The maximum Gasteiger partial charge on any atom is 0.251 e. The highest BCUT2D eigenvalue weighted by atomic mass is 19.1. The third kappa shape index (κ3) is 2.87. The van der Waals surface area contributed by atoms with Crippen LogP contribution in [0.3, 0.4) is 0 Å². The molecule has 2 aromatic rings. The Balaban J connectivity index is 1.73. The number of anilines is 1. The Bertz CT molecular complexity index is 697. The lowest BCUT2D eigenvalue weighted by Gasteiger charge is -2.36. The second kappa shape index (κ2) is 5.88. The first-order valence-corrected chi connectivity index (χ1v) is 7.33. The molecular formula is C16H18FN3O2. The molecular weight excluding hydrogens is 285 g/mol. The van der Waals surface area contributed by atoms with Crippen LogP contribution in [0.15, 0.2) is 30.3 Å². The Morgan fingerprint density at radius 1 is 1.23 bits per heavy atom. The number of amides is 1. The van der Waals surface area contributed by atoms with Gasteiger partial charge in [0.25, 0.3) is 5.91 Å². The minimum Gasteiger partial charge on any atom is -0.384 e. The van der Waals surface area contributed by atoms with E-state index in [4.69, 9.17) is 0 Å². The van der Waals surface area contributed by atoms with Crippen LogP contribution in [0.5, 0.6) is 0 Å². The van der Waals surface area contributed by atoms with E-state index in [0.29, 0.717) is 26.2 Å². The van der Waals surface area contributed by atoms with Crippen molar-refractivity contribution in [1.29, 1.82) is 0 Å². The van der Waals surface area contributed by atoms with Crippen LogP contribution in [0.1, 0.15) is 6.92 Å². The minimum absolute atomic E-state index is 0.235. The summed E-state index contributed by atoms with van der Waals surface area (Å²) in [6, 6.07) is 8.26.